The van der Waals surface area contributed by atoms with Crippen LogP contribution in [-0.2, 0) is 9.59 Å². The first-order valence-electron chi connectivity index (χ1n) is 7.76. The third-order valence-corrected chi connectivity index (χ3v) is 4.35. The van der Waals surface area contributed by atoms with Crippen molar-refractivity contribution in [2.75, 3.05) is 5.32 Å². The van der Waals surface area contributed by atoms with Crippen LogP contribution in [-0.4, -0.2) is 11.8 Å². The number of aryl methyl sites for hydroxylation is 1. The molecule has 0 unspecified atom stereocenters. The summed E-state index contributed by atoms with van der Waals surface area (Å²) in [7, 11) is 0. The van der Waals surface area contributed by atoms with Crippen molar-refractivity contribution in [1.82, 2.24) is 5.32 Å². The average molecular weight is 359 g/mol. The highest BCUT2D eigenvalue weighted by Crippen LogP contribution is 2.32. The van der Waals surface area contributed by atoms with E-state index in [-0.39, 0.29) is 18.2 Å². The maximum absolute atomic E-state index is 13.6. The second kappa shape index (κ2) is 7.07. The van der Waals surface area contributed by atoms with Crippen molar-refractivity contribution in [1.29, 1.82) is 0 Å². The first-order valence-corrected chi connectivity index (χ1v) is 8.14. The van der Waals surface area contributed by atoms with Crippen LogP contribution in [0, 0.1) is 12.7 Å². The molecule has 0 saturated heterocycles. The summed E-state index contributed by atoms with van der Waals surface area (Å²) in [5, 5.41) is 5.88. The fourth-order valence-corrected chi connectivity index (χ4v) is 2.95. The molecular formula is C19H16ClFN2O2. The van der Waals surface area contributed by atoms with Gasteiger partial charge in [0.15, 0.2) is 0 Å². The van der Waals surface area contributed by atoms with Gasteiger partial charge in [0.1, 0.15) is 5.82 Å². The van der Waals surface area contributed by atoms with Crippen LogP contribution in [0.4, 0.5) is 10.1 Å². The van der Waals surface area contributed by atoms with Crippen molar-refractivity contribution >= 4 is 29.1 Å². The quantitative estimate of drug-likeness (QED) is 0.873. The van der Waals surface area contributed by atoms with E-state index in [1.165, 1.54) is 18.3 Å². The van der Waals surface area contributed by atoms with E-state index in [1.807, 2.05) is 6.92 Å². The van der Waals surface area contributed by atoms with Gasteiger partial charge < -0.3 is 10.6 Å². The van der Waals surface area contributed by atoms with Gasteiger partial charge in [0.2, 0.25) is 5.91 Å². The Morgan fingerprint density at radius 2 is 2.08 bits per heavy atom. The van der Waals surface area contributed by atoms with Gasteiger partial charge in [0.25, 0.3) is 5.91 Å². The van der Waals surface area contributed by atoms with E-state index in [1.54, 1.807) is 30.3 Å². The maximum Gasteiger partial charge on any atom is 0.253 e. The van der Waals surface area contributed by atoms with E-state index in [9.17, 15) is 14.0 Å². The fourth-order valence-electron chi connectivity index (χ4n) is 2.78. The van der Waals surface area contributed by atoms with Gasteiger partial charge in [-0.2, -0.15) is 0 Å². The molecule has 2 aromatic rings. The molecule has 0 aromatic heterocycles. The molecule has 1 heterocycles. The molecule has 0 saturated carbocycles. The topological polar surface area (TPSA) is 58.2 Å². The summed E-state index contributed by atoms with van der Waals surface area (Å²) < 4.78 is 13.6. The zero-order valence-electron chi connectivity index (χ0n) is 13.5. The molecule has 0 fully saturated rings. The molecule has 0 bridgehead atoms. The van der Waals surface area contributed by atoms with Crippen molar-refractivity contribution in [3.8, 4) is 0 Å². The molecule has 0 aliphatic carbocycles. The minimum Gasteiger partial charge on any atom is -0.332 e. The average Bonchev–Trinajstić information content (AvgIpc) is 2.58. The minimum absolute atomic E-state index is 0.0806. The lowest BCUT2D eigenvalue weighted by Gasteiger charge is -2.24. The predicted molar refractivity (Wildman–Crippen MR) is 94.8 cm³/mol. The fraction of sp³-hybridized carbons (Fsp3) is 0.158. The minimum atomic E-state index is -0.510. The number of rotatable bonds is 3. The molecule has 1 atom stereocenters. The lowest BCUT2D eigenvalue weighted by atomic mass is 9.86. The van der Waals surface area contributed by atoms with Crippen molar-refractivity contribution in [2.24, 2.45) is 0 Å². The SMILES string of the molecule is Cc1ccc(Cl)cc1NC(=O)C1=CNC(=O)C[C@H]1c1cccc(F)c1. The molecule has 0 radical (unpaired) electrons. The van der Waals surface area contributed by atoms with Crippen LogP contribution in [0.3, 0.4) is 0 Å². The number of hydrogen-bond acceptors (Lipinski definition) is 2. The van der Waals surface area contributed by atoms with Crippen LogP contribution >= 0.6 is 11.6 Å². The summed E-state index contributed by atoms with van der Waals surface area (Å²) >= 11 is 5.98. The molecule has 6 heteroatoms. The standard InChI is InChI=1S/C19H16ClFN2O2/c1-11-5-6-13(20)8-17(11)23-19(25)16-10-22-18(24)9-15(16)12-3-2-4-14(21)7-12/h2-8,10,15H,9H2,1H3,(H,22,24)(H,23,25)/t15-/m0/s1. The highest BCUT2D eigenvalue weighted by Gasteiger charge is 2.29. The Morgan fingerprint density at radius 1 is 1.28 bits per heavy atom. The molecule has 2 amide bonds. The van der Waals surface area contributed by atoms with Crippen molar-refractivity contribution in [3.63, 3.8) is 0 Å². The van der Waals surface area contributed by atoms with E-state index in [0.717, 1.165) is 5.56 Å². The van der Waals surface area contributed by atoms with Crippen LogP contribution in [0.2, 0.25) is 5.02 Å². The van der Waals surface area contributed by atoms with E-state index >= 15 is 0 Å². The first kappa shape index (κ1) is 17.2. The summed E-state index contributed by atoms with van der Waals surface area (Å²) in [6.07, 6.45) is 1.47. The molecule has 25 heavy (non-hydrogen) atoms. The van der Waals surface area contributed by atoms with E-state index in [0.29, 0.717) is 21.8 Å². The van der Waals surface area contributed by atoms with Crippen LogP contribution < -0.4 is 10.6 Å². The van der Waals surface area contributed by atoms with E-state index < -0.39 is 11.7 Å². The zero-order valence-corrected chi connectivity index (χ0v) is 14.2. The molecule has 3 rings (SSSR count). The summed E-state index contributed by atoms with van der Waals surface area (Å²) in [6.45, 7) is 1.85. The second-order valence-corrected chi connectivity index (χ2v) is 6.33. The summed E-state index contributed by atoms with van der Waals surface area (Å²) in [5.74, 6) is -1.50. The normalized spacial score (nSPS) is 16.8. The largest absolute Gasteiger partial charge is 0.332 e. The third kappa shape index (κ3) is 3.88. The number of anilines is 1. The van der Waals surface area contributed by atoms with E-state index in [4.69, 9.17) is 11.6 Å². The number of nitrogens with one attached hydrogen (secondary N) is 2. The Kier molecular flexibility index (Phi) is 4.86. The Bertz CT molecular complexity index is 879. The van der Waals surface area contributed by atoms with Crippen molar-refractivity contribution in [2.45, 2.75) is 19.3 Å². The number of carbonyl (C=O) groups is 2. The highest BCUT2D eigenvalue weighted by molar-refractivity contribution is 6.31. The lowest BCUT2D eigenvalue weighted by Crippen LogP contribution is -2.32. The molecule has 0 spiro atoms. The van der Waals surface area contributed by atoms with Crippen LogP contribution in [0.5, 0.6) is 0 Å². The lowest BCUT2D eigenvalue weighted by molar-refractivity contribution is -0.121. The first-order chi connectivity index (χ1) is 11.9. The van der Waals surface area contributed by atoms with E-state index in [2.05, 4.69) is 10.6 Å². The molecular weight excluding hydrogens is 343 g/mol. The van der Waals surface area contributed by atoms with Gasteiger partial charge in [-0.15, -0.1) is 0 Å². The van der Waals surface area contributed by atoms with Gasteiger partial charge in [-0.25, -0.2) is 4.39 Å². The number of benzene rings is 2. The molecule has 4 nitrogen and oxygen atoms in total. The van der Waals surface area contributed by atoms with Crippen molar-refractivity contribution in [3.05, 3.63) is 76.2 Å². The van der Waals surface area contributed by atoms with Crippen LogP contribution in [0.1, 0.15) is 23.5 Å². The van der Waals surface area contributed by atoms with Gasteiger partial charge >= 0.3 is 0 Å². The second-order valence-electron chi connectivity index (χ2n) is 5.89. The predicted octanol–water partition coefficient (Wildman–Crippen LogP) is 3.91. The van der Waals surface area contributed by atoms with Gasteiger partial charge in [-0.1, -0.05) is 29.8 Å². The number of carbonyl (C=O) groups excluding carboxylic acids is 2. The maximum atomic E-state index is 13.6. The Hall–Kier alpha value is -2.66. The number of hydrogen-bond donors (Lipinski definition) is 2. The van der Waals surface area contributed by atoms with Crippen LogP contribution in [0.25, 0.3) is 0 Å². The van der Waals surface area contributed by atoms with Gasteiger partial charge in [-0.05, 0) is 42.3 Å². The summed E-state index contributed by atoms with van der Waals surface area (Å²) in [5.41, 5.74) is 2.40. The Balaban J connectivity index is 1.91. The number of halogens is 2. The molecule has 128 valence electrons. The van der Waals surface area contributed by atoms with Crippen molar-refractivity contribution < 1.29 is 14.0 Å². The Morgan fingerprint density at radius 3 is 2.84 bits per heavy atom. The van der Waals surface area contributed by atoms with Crippen LogP contribution in [0.15, 0.2) is 54.2 Å². The molecule has 2 aromatic carbocycles. The zero-order chi connectivity index (χ0) is 18.0. The van der Waals surface area contributed by atoms with Gasteiger partial charge in [0.05, 0.1) is 0 Å². The third-order valence-electron chi connectivity index (χ3n) is 4.11. The molecule has 1 aliphatic rings. The summed E-state index contributed by atoms with van der Waals surface area (Å²) in [4.78, 5) is 24.5. The summed E-state index contributed by atoms with van der Waals surface area (Å²) in [6, 6.07) is 11.1. The molecule has 1 aliphatic heterocycles. The van der Waals surface area contributed by atoms with Gasteiger partial charge in [-0.3, -0.25) is 9.59 Å². The smallest absolute Gasteiger partial charge is 0.253 e. The Labute approximate surface area is 149 Å². The monoisotopic (exact) mass is 358 g/mol. The highest BCUT2D eigenvalue weighted by atomic mass is 35.5. The molecule has 2 N–H and O–H groups in total. The van der Waals surface area contributed by atoms with Gasteiger partial charge in [0, 0.05) is 34.8 Å². The number of amides is 2.